The van der Waals surface area contributed by atoms with Crippen molar-refractivity contribution in [3.63, 3.8) is 0 Å². The van der Waals surface area contributed by atoms with E-state index in [1.165, 1.54) is 0 Å². The Kier molecular flexibility index (Phi) is 7.91. The average Bonchev–Trinajstić information content (AvgIpc) is 3.17. The molecule has 3 rings (SSSR count). The summed E-state index contributed by atoms with van der Waals surface area (Å²) in [5.41, 5.74) is 1.16. The van der Waals surface area contributed by atoms with E-state index in [1.807, 2.05) is 20.0 Å². The summed E-state index contributed by atoms with van der Waals surface area (Å²) in [6, 6.07) is 7.21. The third kappa shape index (κ3) is 6.44. The molecule has 0 aliphatic carbocycles. The Balaban J connectivity index is 1.74. The molecule has 0 spiro atoms. The van der Waals surface area contributed by atoms with Crippen molar-refractivity contribution in [1.82, 2.24) is 25.3 Å². The molecule has 1 aromatic heterocycles. The summed E-state index contributed by atoms with van der Waals surface area (Å²) < 4.78 is 46.1. The van der Waals surface area contributed by atoms with E-state index in [0.29, 0.717) is 38.8 Å². The van der Waals surface area contributed by atoms with Crippen LogP contribution in [0.3, 0.4) is 0 Å². The molecule has 0 saturated carbocycles. The number of morpholine rings is 1. The Morgan fingerprint density at radius 1 is 1.16 bits per heavy atom. The molecular weight excluding hydrogens is 409 g/mol. The SMILES string of the molecule is CCNC(=NCc1ccnn1C)NCC(c1ccc(C(F)(F)F)cc1)N1CCOCC1. The number of aromatic nitrogens is 2. The number of ether oxygens (including phenoxy) is 1. The number of aryl methyl sites for hydroxylation is 1. The van der Waals surface area contributed by atoms with Crippen LogP contribution in [0, 0.1) is 0 Å². The number of rotatable bonds is 7. The summed E-state index contributed by atoms with van der Waals surface area (Å²) in [6.45, 7) is 6.29. The van der Waals surface area contributed by atoms with Gasteiger partial charge in [0, 0.05) is 39.4 Å². The lowest BCUT2D eigenvalue weighted by atomic mass is 10.0. The minimum Gasteiger partial charge on any atom is -0.379 e. The third-order valence-corrected chi connectivity index (χ3v) is 5.24. The minimum atomic E-state index is -4.35. The fourth-order valence-electron chi connectivity index (χ4n) is 3.49. The number of hydrogen-bond acceptors (Lipinski definition) is 4. The number of halogens is 3. The zero-order valence-electron chi connectivity index (χ0n) is 17.8. The molecule has 2 aromatic rings. The number of alkyl halides is 3. The highest BCUT2D eigenvalue weighted by atomic mass is 19.4. The van der Waals surface area contributed by atoms with Gasteiger partial charge in [0.25, 0.3) is 0 Å². The number of aliphatic imine (C=N–C) groups is 1. The zero-order chi connectivity index (χ0) is 22.3. The first-order chi connectivity index (χ1) is 14.9. The molecule has 1 aliphatic rings. The van der Waals surface area contributed by atoms with Gasteiger partial charge in [0.2, 0.25) is 0 Å². The van der Waals surface area contributed by atoms with Crippen LogP contribution in [0.5, 0.6) is 0 Å². The van der Waals surface area contributed by atoms with E-state index in [1.54, 1.807) is 23.0 Å². The molecule has 0 radical (unpaired) electrons. The number of nitrogens with one attached hydrogen (secondary N) is 2. The number of benzene rings is 1. The van der Waals surface area contributed by atoms with E-state index in [-0.39, 0.29) is 6.04 Å². The summed E-state index contributed by atoms with van der Waals surface area (Å²) in [5.74, 6) is 0.647. The zero-order valence-corrected chi connectivity index (χ0v) is 17.8. The summed E-state index contributed by atoms with van der Waals surface area (Å²) in [5, 5.41) is 10.7. The largest absolute Gasteiger partial charge is 0.416 e. The van der Waals surface area contributed by atoms with Gasteiger partial charge >= 0.3 is 6.18 Å². The second kappa shape index (κ2) is 10.6. The average molecular weight is 438 g/mol. The molecule has 31 heavy (non-hydrogen) atoms. The lowest BCUT2D eigenvalue weighted by molar-refractivity contribution is -0.137. The van der Waals surface area contributed by atoms with E-state index in [2.05, 4.69) is 25.6 Å². The topological polar surface area (TPSA) is 66.7 Å². The van der Waals surface area contributed by atoms with Crippen LogP contribution in [0.4, 0.5) is 13.2 Å². The molecule has 1 saturated heterocycles. The molecule has 10 heteroatoms. The monoisotopic (exact) mass is 438 g/mol. The Morgan fingerprint density at radius 3 is 2.45 bits per heavy atom. The molecule has 1 atom stereocenters. The van der Waals surface area contributed by atoms with E-state index in [9.17, 15) is 13.2 Å². The predicted octanol–water partition coefficient (Wildman–Crippen LogP) is 2.57. The van der Waals surface area contributed by atoms with Gasteiger partial charge < -0.3 is 15.4 Å². The smallest absolute Gasteiger partial charge is 0.379 e. The van der Waals surface area contributed by atoms with Crippen LogP contribution in [-0.2, 0) is 24.5 Å². The van der Waals surface area contributed by atoms with Crippen molar-refractivity contribution in [2.45, 2.75) is 25.7 Å². The molecule has 1 unspecified atom stereocenters. The second-order valence-electron chi connectivity index (χ2n) is 7.31. The van der Waals surface area contributed by atoms with E-state index >= 15 is 0 Å². The number of hydrogen-bond donors (Lipinski definition) is 2. The van der Waals surface area contributed by atoms with Gasteiger partial charge in [0.15, 0.2) is 5.96 Å². The van der Waals surface area contributed by atoms with Crippen LogP contribution in [0.25, 0.3) is 0 Å². The lowest BCUT2D eigenvalue weighted by Crippen LogP contribution is -2.46. The quantitative estimate of drug-likeness (QED) is 0.514. The first kappa shape index (κ1) is 23.1. The predicted molar refractivity (Wildman–Crippen MR) is 113 cm³/mol. The second-order valence-corrected chi connectivity index (χ2v) is 7.31. The lowest BCUT2D eigenvalue weighted by Gasteiger charge is -2.35. The fraction of sp³-hybridized carbons (Fsp3) is 0.524. The van der Waals surface area contributed by atoms with Crippen molar-refractivity contribution in [3.05, 3.63) is 53.3 Å². The summed E-state index contributed by atoms with van der Waals surface area (Å²) in [4.78, 5) is 6.84. The fourth-order valence-corrected chi connectivity index (χ4v) is 3.49. The molecule has 0 amide bonds. The Hall–Kier alpha value is -2.59. The van der Waals surface area contributed by atoms with Gasteiger partial charge in [-0.15, -0.1) is 0 Å². The van der Waals surface area contributed by atoms with Gasteiger partial charge in [-0.05, 0) is 30.7 Å². The first-order valence-corrected chi connectivity index (χ1v) is 10.4. The standard InChI is InChI=1S/C21H29F3N6O/c1-3-25-20(26-14-18-8-9-28-29(18)2)27-15-19(30-10-12-31-13-11-30)16-4-6-17(7-5-16)21(22,23)24/h4-9,19H,3,10-15H2,1-2H3,(H2,25,26,27). The molecule has 1 fully saturated rings. The van der Waals surface area contributed by atoms with Gasteiger partial charge in [-0.2, -0.15) is 18.3 Å². The van der Waals surface area contributed by atoms with E-state index < -0.39 is 11.7 Å². The van der Waals surface area contributed by atoms with Gasteiger partial charge in [-0.25, -0.2) is 4.99 Å². The van der Waals surface area contributed by atoms with Crippen LogP contribution in [0.2, 0.25) is 0 Å². The van der Waals surface area contributed by atoms with Crippen molar-refractivity contribution in [2.24, 2.45) is 12.0 Å². The molecule has 1 aliphatic heterocycles. The maximum atomic E-state index is 13.0. The Morgan fingerprint density at radius 2 is 1.87 bits per heavy atom. The highest BCUT2D eigenvalue weighted by molar-refractivity contribution is 5.79. The first-order valence-electron chi connectivity index (χ1n) is 10.4. The van der Waals surface area contributed by atoms with E-state index in [4.69, 9.17) is 4.74 Å². The highest BCUT2D eigenvalue weighted by Gasteiger charge is 2.31. The van der Waals surface area contributed by atoms with Crippen LogP contribution in [0.15, 0.2) is 41.5 Å². The van der Waals surface area contributed by atoms with E-state index in [0.717, 1.165) is 36.5 Å². The molecule has 2 heterocycles. The molecule has 7 nitrogen and oxygen atoms in total. The molecular formula is C21H29F3N6O. The van der Waals surface area contributed by atoms with Crippen molar-refractivity contribution in [3.8, 4) is 0 Å². The van der Waals surface area contributed by atoms with Crippen LogP contribution < -0.4 is 10.6 Å². The number of guanidine groups is 1. The van der Waals surface area contributed by atoms with Crippen molar-refractivity contribution in [1.29, 1.82) is 0 Å². The third-order valence-electron chi connectivity index (χ3n) is 5.24. The maximum absolute atomic E-state index is 13.0. The van der Waals surface area contributed by atoms with Crippen LogP contribution in [0.1, 0.15) is 29.8 Å². The minimum absolute atomic E-state index is 0.105. The molecule has 170 valence electrons. The van der Waals surface area contributed by atoms with Crippen molar-refractivity contribution in [2.75, 3.05) is 39.4 Å². The Bertz CT molecular complexity index is 844. The van der Waals surface area contributed by atoms with Gasteiger partial charge in [-0.3, -0.25) is 9.58 Å². The highest BCUT2D eigenvalue weighted by Crippen LogP contribution is 2.31. The Labute approximate surface area is 180 Å². The van der Waals surface area contributed by atoms with Crippen LogP contribution >= 0.6 is 0 Å². The molecule has 1 aromatic carbocycles. The summed E-state index contributed by atoms with van der Waals surface area (Å²) >= 11 is 0. The normalized spacial score (nSPS) is 16.9. The van der Waals surface area contributed by atoms with Crippen molar-refractivity contribution >= 4 is 5.96 Å². The maximum Gasteiger partial charge on any atom is 0.416 e. The van der Waals surface area contributed by atoms with Crippen LogP contribution in [-0.4, -0.2) is 60.0 Å². The van der Waals surface area contributed by atoms with Gasteiger partial charge in [-0.1, -0.05) is 12.1 Å². The van der Waals surface area contributed by atoms with Gasteiger partial charge in [0.1, 0.15) is 0 Å². The summed E-state index contributed by atoms with van der Waals surface area (Å²) in [7, 11) is 1.87. The summed E-state index contributed by atoms with van der Waals surface area (Å²) in [6.07, 6.45) is -2.62. The molecule has 2 N–H and O–H groups in total. The number of nitrogens with zero attached hydrogens (tertiary/aromatic N) is 4. The van der Waals surface area contributed by atoms with Gasteiger partial charge in [0.05, 0.1) is 37.1 Å². The van der Waals surface area contributed by atoms with Crippen molar-refractivity contribution < 1.29 is 17.9 Å². The molecule has 0 bridgehead atoms.